The first-order valence-corrected chi connectivity index (χ1v) is 8.15. The SMILES string of the molecule is O=C1CC2(CCCCC2)CC(=O)N1c1ccc(I)cn1. The molecule has 0 aromatic carbocycles. The fraction of sp³-hybridized carbons (Fsp3) is 0.533. The van der Waals surface area contributed by atoms with E-state index in [9.17, 15) is 9.59 Å². The van der Waals surface area contributed by atoms with E-state index >= 15 is 0 Å². The van der Waals surface area contributed by atoms with Crippen molar-refractivity contribution in [2.45, 2.75) is 44.9 Å². The molecule has 20 heavy (non-hydrogen) atoms. The van der Waals surface area contributed by atoms with Crippen LogP contribution in [0.2, 0.25) is 0 Å². The number of pyridine rings is 1. The van der Waals surface area contributed by atoms with Crippen molar-refractivity contribution < 1.29 is 9.59 Å². The van der Waals surface area contributed by atoms with Crippen molar-refractivity contribution in [3.05, 3.63) is 21.9 Å². The van der Waals surface area contributed by atoms with Gasteiger partial charge in [-0.25, -0.2) is 9.88 Å². The van der Waals surface area contributed by atoms with Crippen LogP contribution in [0.5, 0.6) is 0 Å². The second-order valence-corrected chi connectivity index (χ2v) is 7.12. The highest BCUT2D eigenvalue weighted by Crippen LogP contribution is 2.45. The number of aromatic nitrogens is 1. The van der Waals surface area contributed by atoms with Gasteiger partial charge in [0, 0.05) is 22.6 Å². The summed E-state index contributed by atoms with van der Waals surface area (Å²) in [5, 5.41) is 0. The van der Waals surface area contributed by atoms with E-state index in [-0.39, 0.29) is 17.2 Å². The predicted molar refractivity (Wildman–Crippen MR) is 84.2 cm³/mol. The van der Waals surface area contributed by atoms with Gasteiger partial charge in [-0.15, -0.1) is 0 Å². The number of hydrogen-bond donors (Lipinski definition) is 0. The van der Waals surface area contributed by atoms with Gasteiger partial charge in [-0.2, -0.15) is 0 Å². The lowest BCUT2D eigenvalue weighted by atomic mass is 9.67. The molecule has 1 aliphatic carbocycles. The average molecular weight is 384 g/mol. The van der Waals surface area contributed by atoms with Gasteiger partial charge in [0.15, 0.2) is 0 Å². The number of carbonyl (C=O) groups is 2. The lowest BCUT2D eigenvalue weighted by molar-refractivity contribution is -0.134. The Morgan fingerprint density at radius 1 is 1.05 bits per heavy atom. The minimum Gasteiger partial charge on any atom is -0.274 e. The number of anilines is 1. The van der Waals surface area contributed by atoms with Gasteiger partial charge in [0.05, 0.1) is 0 Å². The molecule has 0 atom stereocenters. The predicted octanol–water partition coefficient (Wildman–Crippen LogP) is 3.29. The first-order valence-electron chi connectivity index (χ1n) is 7.07. The third-order valence-electron chi connectivity index (χ3n) is 4.41. The summed E-state index contributed by atoms with van der Waals surface area (Å²) in [4.78, 5) is 30.3. The molecule has 0 radical (unpaired) electrons. The van der Waals surface area contributed by atoms with Crippen LogP contribution in [0.25, 0.3) is 0 Å². The second-order valence-electron chi connectivity index (χ2n) is 5.87. The molecule has 4 nitrogen and oxygen atoms in total. The maximum Gasteiger partial charge on any atom is 0.235 e. The van der Waals surface area contributed by atoms with E-state index in [4.69, 9.17) is 0 Å². The summed E-state index contributed by atoms with van der Waals surface area (Å²) >= 11 is 2.16. The van der Waals surface area contributed by atoms with Crippen LogP contribution in [0.3, 0.4) is 0 Å². The summed E-state index contributed by atoms with van der Waals surface area (Å²) in [6.45, 7) is 0. The van der Waals surface area contributed by atoms with Crippen molar-refractivity contribution in [1.82, 2.24) is 4.98 Å². The van der Waals surface area contributed by atoms with E-state index in [0.29, 0.717) is 18.7 Å². The van der Waals surface area contributed by atoms with Crippen molar-refractivity contribution >= 4 is 40.2 Å². The first kappa shape index (κ1) is 14.0. The van der Waals surface area contributed by atoms with Gasteiger partial charge in [-0.05, 0) is 53.0 Å². The molecule has 2 amide bonds. The highest BCUT2D eigenvalue weighted by Gasteiger charge is 2.44. The zero-order chi connectivity index (χ0) is 14.2. The van der Waals surface area contributed by atoms with E-state index < -0.39 is 0 Å². The van der Waals surface area contributed by atoms with E-state index in [1.807, 2.05) is 6.07 Å². The number of carbonyl (C=O) groups excluding carboxylic acids is 2. The molecule has 1 aliphatic heterocycles. The van der Waals surface area contributed by atoms with Crippen molar-refractivity contribution in [1.29, 1.82) is 0 Å². The van der Waals surface area contributed by atoms with Gasteiger partial charge in [0.2, 0.25) is 11.8 Å². The van der Waals surface area contributed by atoms with Crippen LogP contribution in [0.1, 0.15) is 44.9 Å². The van der Waals surface area contributed by atoms with Crippen LogP contribution >= 0.6 is 22.6 Å². The summed E-state index contributed by atoms with van der Waals surface area (Å²) in [7, 11) is 0. The van der Waals surface area contributed by atoms with Crippen molar-refractivity contribution in [3.63, 3.8) is 0 Å². The van der Waals surface area contributed by atoms with E-state index in [0.717, 1.165) is 29.3 Å². The van der Waals surface area contributed by atoms with Gasteiger partial charge < -0.3 is 0 Å². The van der Waals surface area contributed by atoms with E-state index in [1.165, 1.54) is 11.3 Å². The summed E-state index contributed by atoms with van der Waals surface area (Å²) in [5.41, 5.74) is -0.0634. The molecule has 1 aromatic heterocycles. The molecule has 106 valence electrons. The molecule has 0 bridgehead atoms. The standard InChI is InChI=1S/C15H17IN2O2/c16-11-4-5-12(17-10-11)18-13(19)8-15(9-14(18)20)6-2-1-3-7-15/h4-5,10H,1-3,6-9H2. The first-order chi connectivity index (χ1) is 9.60. The quantitative estimate of drug-likeness (QED) is 0.552. The largest absolute Gasteiger partial charge is 0.274 e. The molecule has 5 heteroatoms. The number of hydrogen-bond acceptors (Lipinski definition) is 3. The Bertz CT molecular complexity index is 515. The monoisotopic (exact) mass is 384 g/mol. The Morgan fingerprint density at radius 2 is 1.70 bits per heavy atom. The van der Waals surface area contributed by atoms with Crippen molar-refractivity contribution in [3.8, 4) is 0 Å². The Hall–Kier alpha value is -0.980. The zero-order valence-electron chi connectivity index (χ0n) is 11.3. The van der Waals surface area contributed by atoms with Gasteiger partial charge >= 0.3 is 0 Å². The summed E-state index contributed by atoms with van der Waals surface area (Å²) in [6, 6.07) is 3.62. The third-order valence-corrected chi connectivity index (χ3v) is 5.04. The lowest BCUT2D eigenvalue weighted by Gasteiger charge is -2.42. The minimum atomic E-state index is -0.0862. The van der Waals surface area contributed by atoms with Gasteiger partial charge in [-0.1, -0.05) is 19.3 Å². The van der Waals surface area contributed by atoms with Gasteiger partial charge in [-0.3, -0.25) is 9.59 Å². The number of amides is 2. The Kier molecular flexibility index (Phi) is 3.79. The highest BCUT2D eigenvalue weighted by molar-refractivity contribution is 14.1. The van der Waals surface area contributed by atoms with Gasteiger partial charge in [0.1, 0.15) is 5.82 Å². The summed E-state index contributed by atoms with van der Waals surface area (Å²) in [5.74, 6) is 0.291. The maximum atomic E-state index is 12.4. The van der Waals surface area contributed by atoms with Crippen LogP contribution in [0.15, 0.2) is 18.3 Å². The Balaban J connectivity index is 1.83. The van der Waals surface area contributed by atoms with Crippen LogP contribution < -0.4 is 4.90 Å². The molecule has 2 fully saturated rings. The number of halogens is 1. The molecular formula is C15H17IN2O2. The van der Waals surface area contributed by atoms with Gasteiger partial charge in [0.25, 0.3) is 0 Å². The molecule has 0 unspecified atom stereocenters. The van der Waals surface area contributed by atoms with Crippen molar-refractivity contribution in [2.75, 3.05) is 4.90 Å². The van der Waals surface area contributed by atoms with Crippen LogP contribution in [-0.2, 0) is 9.59 Å². The van der Waals surface area contributed by atoms with E-state index in [2.05, 4.69) is 27.6 Å². The van der Waals surface area contributed by atoms with Crippen LogP contribution in [-0.4, -0.2) is 16.8 Å². The highest BCUT2D eigenvalue weighted by atomic mass is 127. The molecule has 2 aliphatic rings. The molecular weight excluding hydrogens is 367 g/mol. The molecule has 1 spiro atoms. The smallest absolute Gasteiger partial charge is 0.235 e. The lowest BCUT2D eigenvalue weighted by Crippen LogP contribution is -2.49. The fourth-order valence-electron chi connectivity index (χ4n) is 3.41. The Labute approximate surface area is 132 Å². The van der Waals surface area contributed by atoms with Crippen LogP contribution in [0, 0.1) is 8.99 Å². The Morgan fingerprint density at radius 3 is 2.25 bits per heavy atom. The second kappa shape index (κ2) is 5.42. The molecule has 3 rings (SSSR count). The topological polar surface area (TPSA) is 50.3 Å². The minimum absolute atomic E-state index is 0.0634. The van der Waals surface area contributed by atoms with Crippen molar-refractivity contribution in [2.24, 2.45) is 5.41 Å². The van der Waals surface area contributed by atoms with E-state index in [1.54, 1.807) is 12.3 Å². The third kappa shape index (κ3) is 2.60. The van der Waals surface area contributed by atoms with Crippen LogP contribution in [0.4, 0.5) is 5.82 Å². The molecule has 0 N–H and O–H groups in total. The number of rotatable bonds is 1. The maximum absolute atomic E-state index is 12.4. The normalized spacial score (nSPS) is 22.4. The molecule has 1 saturated heterocycles. The molecule has 2 heterocycles. The number of nitrogens with zero attached hydrogens (tertiary/aromatic N) is 2. The zero-order valence-corrected chi connectivity index (χ0v) is 13.4. The molecule has 1 aromatic rings. The number of imide groups is 1. The number of piperidine rings is 1. The summed E-state index contributed by atoms with van der Waals surface area (Å²) in [6.07, 6.45) is 8.20. The summed E-state index contributed by atoms with van der Waals surface area (Å²) < 4.78 is 0.993. The fourth-order valence-corrected chi connectivity index (χ4v) is 3.73. The molecule has 1 saturated carbocycles. The average Bonchev–Trinajstić information content (AvgIpc) is 2.41.